The van der Waals surface area contributed by atoms with Crippen LogP contribution in [0.3, 0.4) is 0 Å². The Balaban J connectivity index is 1.93. The first kappa shape index (κ1) is 23.2. The summed E-state index contributed by atoms with van der Waals surface area (Å²) >= 11 is 3.05. The number of hydrogen-bond donors (Lipinski definition) is 0. The van der Waals surface area contributed by atoms with Gasteiger partial charge in [-0.15, -0.1) is 11.8 Å². The lowest BCUT2D eigenvalue weighted by Gasteiger charge is -2.06. The van der Waals surface area contributed by atoms with Crippen LogP contribution in [0.5, 0.6) is 0 Å². The molecule has 1 amide bonds. The van der Waals surface area contributed by atoms with E-state index < -0.39 is 0 Å². The fourth-order valence-electron chi connectivity index (χ4n) is 3.08. The maximum atomic E-state index is 12.7. The molecule has 0 N–H and O–H groups in total. The molecule has 0 radical (unpaired) electrons. The van der Waals surface area contributed by atoms with Gasteiger partial charge in [0.2, 0.25) is 0 Å². The molecule has 0 unspecified atom stereocenters. The van der Waals surface area contributed by atoms with Crippen LogP contribution in [0.15, 0.2) is 52.4 Å². The molecule has 164 valence electrons. The van der Waals surface area contributed by atoms with Gasteiger partial charge in [-0.3, -0.25) is 4.79 Å². The van der Waals surface area contributed by atoms with E-state index >= 15 is 0 Å². The molecule has 0 bridgehead atoms. The molecule has 2 aromatic carbocycles. The van der Waals surface area contributed by atoms with E-state index in [-0.39, 0.29) is 18.3 Å². The van der Waals surface area contributed by atoms with E-state index in [2.05, 4.69) is 4.99 Å². The van der Waals surface area contributed by atoms with Gasteiger partial charge in [-0.25, -0.2) is 4.79 Å². The van der Waals surface area contributed by atoms with Gasteiger partial charge in [0.15, 0.2) is 4.80 Å². The summed E-state index contributed by atoms with van der Waals surface area (Å²) in [7, 11) is 0. The average molecular weight is 459 g/mol. The summed E-state index contributed by atoms with van der Waals surface area (Å²) in [6.45, 7) is 5.75. The smallest absolute Gasteiger partial charge is 0.338 e. The minimum Gasteiger partial charge on any atom is -0.462 e. The van der Waals surface area contributed by atoms with E-state index in [0.29, 0.717) is 36.7 Å². The summed E-state index contributed by atoms with van der Waals surface area (Å²) in [4.78, 5) is 30.9. The molecule has 0 atom stereocenters. The zero-order valence-corrected chi connectivity index (χ0v) is 19.6. The van der Waals surface area contributed by atoms with Crippen molar-refractivity contribution in [1.82, 2.24) is 4.57 Å². The van der Waals surface area contributed by atoms with Crippen molar-refractivity contribution in [3.8, 4) is 0 Å². The largest absolute Gasteiger partial charge is 0.462 e. The van der Waals surface area contributed by atoms with Crippen LogP contribution in [0, 0.1) is 0 Å². The van der Waals surface area contributed by atoms with Crippen LogP contribution in [-0.4, -0.2) is 42.5 Å². The first-order valence-electron chi connectivity index (χ1n) is 10.1. The Labute approximate surface area is 189 Å². The number of ether oxygens (including phenoxy) is 2. The normalized spacial score (nSPS) is 11.8. The quantitative estimate of drug-likeness (QED) is 0.272. The lowest BCUT2D eigenvalue weighted by molar-refractivity contribution is -0.117. The Morgan fingerprint density at radius 3 is 2.55 bits per heavy atom. The molecule has 31 heavy (non-hydrogen) atoms. The molecule has 0 aliphatic rings. The van der Waals surface area contributed by atoms with Crippen molar-refractivity contribution in [2.24, 2.45) is 4.99 Å². The zero-order valence-electron chi connectivity index (χ0n) is 17.9. The van der Waals surface area contributed by atoms with Gasteiger partial charge in [-0.1, -0.05) is 23.5 Å². The van der Waals surface area contributed by atoms with Crippen molar-refractivity contribution in [3.63, 3.8) is 0 Å². The standard InChI is InChI=1S/C23H26N2O4S2/c1-4-28-13-12-25-19-11-8-17(22(27)29-5-2)15-20(19)31-23(25)24-21(26)14-16-6-9-18(30-3)10-7-16/h6-11,15H,4-5,12-14H2,1-3H3. The lowest BCUT2D eigenvalue weighted by atomic mass is 10.1. The summed E-state index contributed by atoms with van der Waals surface area (Å²) in [6.07, 6.45) is 2.26. The predicted molar refractivity (Wildman–Crippen MR) is 125 cm³/mol. The van der Waals surface area contributed by atoms with Gasteiger partial charge >= 0.3 is 5.97 Å². The van der Waals surface area contributed by atoms with Crippen LogP contribution in [0.4, 0.5) is 0 Å². The summed E-state index contributed by atoms with van der Waals surface area (Å²) in [5.74, 6) is -0.568. The first-order chi connectivity index (χ1) is 15.0. The minimum absolute atomic E-state index is 0.209. The van der Waals surface area contributed by atoms with Crippen molar-refractivity contribution in [2.45, 2.75) is 31.7 Å². The number of benzene rings is 2. The molecular formula is C23H26N2O4S2. The molecule has 6 nitrogen and oxygen atoms in total. The van der Waals surface area contributed by atoms with Crippen molar-refractivity contribution in [3.05, 3.63) is 58.4 Å². The molecular weight excluding hydrogens is 432 g/mol. The van der Waals surface area contributed by atoms with Gasteiger partial charge in [0, 0.05) is 18.0 Å². The van der Waals surface area contributed by atoms with Crippen LogP contribution >= 0.6 is 23.1 Å². The molecule has 3 rings (SSSR count). The summed E-state index contributed by atoms with van der Waals surface area (Å²) in [5, 5.41) is 0. The number of carbonyl (C=O) groups is 2. The van der Waals surface area contributed by atoms with Crippen LogP contribution in [0.25, 0.3) is 10.2 Å². The first-order valence-corrected chi connectivity index (χ1v) is 12.2. The van der Waals surface area contributed by atoms with Gasteiger partial charge in [0.05, 0.1) is 35.4 Å². The number of carbonyl (C=O) groups excluding carboxylic acids is 2. The highest BCUT2D eigenvalue weighted by Gasteiger charge is 2.13. The van der Waals surface area contributed by atoms with Crippen molar-refractivity contribution < 1.29 is 19.1 Å². The number of amides is 1. The number of thiazole rings is 1. The second-order valence-corrected chi connectivity index (χ2v) is 8.56. The van der Waals surface area contributed by atoms with Crippen LogP contribution in [-0.2, 0) is 27.2 Å². The van der Waals surface area contributed by atoms with Gasteiger partial charge in [-0.05, 0) is 56.0 Å². The monoisotopic (exact) mass is 458 g/mol. The Bertz CT molecular complexity index is 1120. The molecule has 0 spiro atoms. The van der Waals surface area contributed by atoms with E-state index in [1.807, 2.05) is 48.1 Å². The molecule has 0 saturated heterocycles. The molecule has 0 saturated carbocycles. The Kier molecular flexibility index (Phi) is 8.45. The van der Waals surface area contributed by atoms with Gasteiger partial charge in [0.25, 0.3) is 5.91 Å². The number of hydrogen-bond acceptors (Lipinski definition) is 6. The average Bonchev–Trinajstić information content (AvgIpc) is 3.10. The second-order valence-electron chi connectivity index (χ2n) is 6.67. The molecule has 8 heteroatoms. The Hall–Kier alpha value is -2.42. The second kappa shape index (κ2) is 11.3. The SMILES string of the molecule is CCOCCn1c(=NC(=O)Cc2ccc(SC)cc2)sc2cc(C(=O)OCC)ccc21. The molecule has 1 aromatic heterocycles. The molecule has 0 aliphatic carbocycles. The maximum Gasteiger partial charge on any atom is 0.338 e. The fourth-order valence-corrected chi connectivity index (χ4v) is 4.60. The Morgan fingerprint density at radius 1 is 1.10 bits per heavy atom. The van der Waals surface area contributed by atoms with E-state index in [9.17, 15) is 9.59 Å². The minimum atomic E-state index is -0.359. The van der Waals surface area contributed by atoms with Crippen LogP contribution in [0.2, 0.25) is 0 Å². The van der Waals surface area contributed by atoms with E-state index in [0.717, 1.165) is 20.7 Å². The number of fused-ring (bicyclic) bond motifs is 1. The zero-order chi connectivity index (χ0) is 22.2. The third kappa shape index (κ3) is 6.06. The van der Waals surface area contributed by atoms with Crippen molar-refractivity contribution in [1.29, 1.82) is 0 Å². The molecule has 0 fully saturated rings. The summed E-state index contributed by atoms with van der Waals surface area (Å²) < 4.78 is 13.5. The highest BCUT2D eigenvalue weighted by atomic mass is 32.2. The van der Waals surface area contributed by atoms with E-state index in [4.69, 9.17) is 9.47 Å². The molecule has 3 aromatic rings. The van der Waals surface area contributed by atoms with Crippen molar-refractivity contribution in [2.75, 3.05) is 26.1 Å². The van der Waals surface area contributed by atoms with Crippen molar-refractivity contribution >= 4 is 45.2 Å². The van der Waals surface area contributed by atoms with E-state index in [1.165, 1.54) is 11.3 Å². The molecule has 0 aliphatic heterocycles. The predicted octanol–water partition coefficient (Wildman–Crippen LogP) is 4.31. The third-order valence-electron chi connectivity index (χ3n) is 4.59. The number of aromatic nitrogens is 1. The van der Waals surface area contributed by atoms with Gasteiger partial charge in [-0.2, -0.15) is 4.99 Å². The van der Waals surface area contributed by atoms with Crippen LogP contribution < -0.4 is 4.80 Å². The highest BCUT2D eigenvalue weighted by Crippen LogP contribution is 2.20. The third-order valence-corrected chi connectivity index (χ3v) is 6.38. The van der Waals surface area contributed by atoms with E-state index in [1.54, 1.807) is 30.8 Å². The highest BCUT2D eigenvalue weighted by molar-refractivity contribution is 7.98. The fraction of sp³-hybridized carbons (Fsp3) is 0.348. The summed E-state index contributed by atoms with van der Waals surface area (Å²) in [5.41, 5.74) is 2.33. The van der Waals surface area contributed by atoms with Gasteiger partial charge in [0.1, 0.15) is 0 Å². The number of rotatable bonds is 9. The number of esters is 1. The van der Waals surface area contributed by atoms with Gasteiger partial charge < -0.3 is 14.0 Å². The summed E-state index contributed by atoms with van der Waals surface area (Å²) in [6, 6.07) is 13.3. The molecule has 1 heterocycles. The van der Waals surface area contributed by atoms with Crippen LogP contribution in [0.1, 0.15) is 29.8 Å². The lowest BCUT2D eigenvalue weighted by Crippen LogP contribution is -2.20. The maximum absolute atomic E-state index is 12.7. The topological polar surface area (TPSA) is 69.9 Å². The number of thioether (sulfide) groups is 1. The Morgan fingerprint density at radius 2 is 1.87 bits per heavy atom. The number of nitrogens with zero attached hydrogens (tertiary/aromatic N) is 2.